The fourth-order valence-corrected chi connectivity index (χ4v) is 2.25. The van der Waals surface area contributed by atoms with E-state index in [1.54, 1.807) is 0 Å². The number of likely N-dealkylation sites (N-methyl/N-ethyl adjacent to an activating group) is 1. The molecule has 0 unspecified atom stereocenters. The number of carboxylic acids is 4. The van der Waals surface area contributed by atoms with Gasteiger partial charge in [0, 0.05) is 26.1 Å². The van der Waals surface area contributed by atoms with Crippen molar-refractivity contribution in [3.8, 4) is 5.75 Å². The summed E-state index contributed by atoms with van der Waals surface area (Å²) in [6.45, 7) is 3.15. The van der Waals surface area contributed by atoms with Crippen LogP contribution < -0.4 is 10.5 Å². The minimum atomic E-state index is -1.82. The Labute approximate surface area is 190 Å². The number of carboxylic acid groups (broad SMARTS) is 4. The number of carbonyl (C=O) groups is 4. The lowest BCUT2D eigenvalue weighted by Crippen LogP contribution is -2.29. The number of ether oxygens (including phenoxy) is 1. The average Bonchev–Trinajstić information content (AvgIpc) is 2.76. The highest BCUT2D eigenvalue weighted by Crippen LogP contribution is 2.21. The molecule has 0 aliphatic rings. The fraction of sp³-hybridized carbons (Fsp3) is 0.273. The minimum absolute atomic E-state index is 0.682. The summed E-state index contributed by atoms with van der Waals surface area (Å²) < 4.78 is 5.94. The van der Waals surface area contributed by atoms with Gasteiger partial charge in [0.15, 0.2) is 0 Å². The van der Waals surface area contributed by atoms with E-state index in [0.717, 1.165) is 25.3 Å². The number of aliphatic carboxylic acids is 4. The van der Waals surface area contributed by atoms with Crippen molar-refractivity contribution in [3.05, 3.63) is 65.7 Å². The van der Waals surface area contributed by atoms with Crippen LogP contribution in [-0.2, 0) is 25.6 Å². The number of hydrogen-bond donors (Lipinski definition) is 5. The molecule has 0 amide bonds. The molecular weight excluding hydrogens is 436 g/mol. The minimum Gasteiger partial charge on any atom is -0.492 e. The molecule has 0 bridgehead atoms. The van der Waals surface area contributed by atoms with Crippen LogP contribution in [0.2, 0.25) is 0 Å². The van der Waals surface area contributed by atoms with Gasteiger partial charge in [-0.05, 0) is 24.2 Å². The van der Waals surface area contributed by atoms with Crippen LogP contribution in [-0.4, -0.2) is 82.5 Å². The second kappa shape index (κ2) is 16.7. The van der Waals surface area contributed by atoms with Gasteiger partial charge in [0.1, 0.15) is 12.4 Å². The summed E-state index contributed by atoms with van der Waals surface area (Å²) in [6, 6.07) is 18.7. The summed E-state index contributed by atoms with van der Waals surface area (Å²) >= 11 is 0. The predicted molar refractivity (Wildman–Crippen MR) is 118 cm³/mol. The third-order valence-corrected chi connectivity index (χ3v) is 3.82. The van der Waals surface area contributed by atoms with Gasteiger partial charge >= 0.3 is 23.9 Å². The largest absolute Gasteiger partial charge is 0.492 e. The molecule has 0 aromatic heterocycles. The monoisotopic (exact) mass is 464 g/mol. The lowest BCUT2D eigenvalue weighted by Gasteiger charge is -2.17. The molecule has 0 heterocycles. The molecule has 0 aliphatic carbocycles. The number of rotatable bonds is 8. The maximum absolute atomic E-state index is 9.10. The van der Waals surface area contributed by atoms with Gasteiger partial charge in [-0.25, -0.2) is 19.2 Å². The second-order valence-corrected chi connectivity index (χ2v) is 6.43. The van der Waals surface area contributed by atoms with Gasteiger partial charge < -0.3 is 35.8 Å². The van der Waals surface area contributed by atoms with Gasteiger partial charge in [0.05, 0.1) is 0 Å². The molecule has 0 atom stereocenters. The molecule has 0 saturated carbocycles. The first-order valence-electron chi connectivity index (χ1n) is 9.64. The third-order valence-electron chi connectivity index (χ3n) is 3.82. The zero-order chi connectivity index (χ0) is 25.2. The molecule has 0 spiro atoms. The summed E-state index contributed by atoms with van der Waals surface area (Å²) in [5, 5.41) is 29.6. The zero-order valence-corrected chi connectivity index (χ0v) is 18.1. The highest BCUT2D eigenvalue weighted by molar-refractivity contribution is 6.27. The van der Waals surface area contributed by atoms with E-state index in [1.165, 1.54) is 11.1 Å². The van der Waals surface area contributed by atoms with E-state index < -0.39 is 23.9 Å². The number of benzene rings is 2. The van der Waals surface area contributed by atoms with Crippen LogP contribution in [0.5, 0.6) is 5.75 Å². The van der Waals surface area contributed by atoms with Gasteiger partial charge in [-0.2, -0.15) is 0 Å². The topological polar surface area (TPSA) is 188 Å². The number of para-hydroxylation sites is 1. The Morgan fingerprint density at radius 3 is 1.76 bits per heavy atom. The number of nitrogens with two attached hydrogens (primary N) is 1. The van der Waals surface area contributed by atoms with Gasteiger partial charge in [-0.1, -0.05) is 48.5 Å². The van der Waals surface area contributed by atoms with Gasteiger partial charge in [-0.15, -0.1) is 0 Å². The lowest BCUT2D eigenvalue weighted by molar-refractivity contribution is -0.159. The maximum atomic E-state index is 9.10. The second-order valence-electron chi connectivity index (χ2n) is 6.43. The predicted octanol–water partition coefficient (Wildman–Crippen LogP) is 0.858. The molecule has 2 aromatic carbocycles. The van der Waals surface area contributed by atoms with Gasteiger partial charge in [-0.3, -0.25) is 0 Å². The summed E-state index contributed by atoms with van der Waals surface area (Å²) in [5.41, 5.74) is 8.07. The average molecular weight is 464 g/mol. The normalized spacial score (nSPS) is 9.55. The van der Waals surface area contributed by atoms with Crippen LogP contribution in [0.25, 0.3) is 0 Å². The summed E-state index contributed by atoms with van der Waals surface area (Å²) in [5.74, 6) is -6.32. The molecule has 6 N–H and O–H groups in total. The lowest BCUT2D eigenvalue weighted by atomic mass is 10.0. The highest BCUT2D eigenvalue weighted by Gasteiger charge is 2.06. The third kappa shape index (κ3) is 14.6. The van der Waals surface area contributed by atoms with E-state index >= 15 is 0 Å². The van der Waals surface area contributed by atoms with Crippen molar-refractivity contribution in [3.63, 3.8) is 0 Å². The molecule has 11 heteroatoms. The van der Waals surface area contributed by atoms with Crippen molar-refractivity contribution in [1.29, 1.82) is 0 Å². The van der Waals surface area contributed by atoms with Crippen molar-refractivity contribution in [2.45, 2.75) is 6.42 Å². The molecule has 0 aliphatic heterocycles. The van der Waals surface area contributed by atoms with E-state index in [-0.39, 0.29) is 0 Å². The molecule has 2 rings (SSSR count). The summed E-state index contributed by atoms with van der Waals surface area (Å²) in [7, 11) is 2.06. The van der Waals surface area contributed by atoms with E-state index in [2.05, 4.69) is 48.3 Å². The van der Waals surface area contributed by atoms with Crippen molar-refractivity contribution in [2.24, 2.45) is 5.73 Å². The molecule has 180 valence electrons. The van der Waals surface area contributed by atoms with Crippen LogP contribution in [0, 0.1) is 0 Å². The van der Waals surface area contributed by atoms with Crippen LogP contribution in [0.3, 0.4) is 0 Å². The van der Waals surface area contributed by atoms with E-state index in [0.29, 0.717) is 13.2 Å². The standard InChI is InChI=1S/C18H24N2O.2C2H2O4/c1-20(12-11-19)13-14-21-18-10-6-5-9-17(18)15-16-7-3-2-4-8-16;2*3-1(4)2(5)6/h2-10H,11-15,19H2,1H3;2*(H,3,4)(H,5,6). The maximum Gasteiger partial charge on any atom is 0.414 e. The first kappa shape index (κ1) is 29.0. The van der Waals surface area contributed by atoms with Crippen LogP contribution in [0.1, 0.15) is 11.1 Å². The van der Waals surface area contributed by atoms with E-state index in [1.807, 2.05) is 18.2 Å². The smallest absolute Gasteiger partial charge is 0.414 e. The van der Waals surface area contributed by atoms with Crippen molar-refractivity contribution >= 4 is 23.9 Å². The Kier molecular flexibility index (Phi) is 14.7. The molecule has 0 saturated heterocycles. The Bertz CT molecular complexity index is 840. The van der Waals surface area contributed by atoms with Crippen molar-refractivity contribution in [2.75, 3.05) is 33.3 Å². The SMILES string of the molecule is CN(CCN)CCOc1ccccc1Cc1ccccc1.O=C(O)C(=O)O.O=C(O)C(=O)O. The molecule has 33 heavy (non-hydrogen) atoms. The Morgan fingerprint density at radius 1 is 0.788 bits per heavy atom. The quantitative estimate of drug-likeness (QED) is 0.348. The number of hydrogen-bond acceptors (Lipinski definition) is 7. The number of nitrogens with zero attached hydrogens (tertiary/aromatic N) is 1. The van der Waals surface area contributed by atoms with Crippen molar-refractivity contribution < 1.29 is 44.3 Å². The zero-order valence-electron chi connectivity index (χ0n) is 18.1. The summed E-state index contributed by atoms with van der Waals surface area (Å²) in [6.07, 6.45) is 0.898. The first-order valence-corrected chi connectivity index (χ1v) is 9.64. The first-order chi connectivity index (χ1) is 15.6. The molecule has 11 nitrogen and oxygen atoms in total. The Balaban J connectivity index is 0.000000705. The Morgan fingerprint density at radius 2 is 1.27 bits per heavy atom. The Hall–Kier alpha value is -3.96. The van der Waals surface area contributed by atoms with E-state index in [9.17, 15) is 0 Å². The van der Waals surface area contributed by atoms with Gasteiger partial charge in [0.2, 0.25) is 0 Å². The molecular formula is C22H28N2O9. The molecule has 2 aromatic rings. The highest BCUT2D eigenvalue weighted by atomic mass is 16.5. The van der Waals surface area contributed by atoms with Crippen LogP contribution in [0.15, 0.2) is 54.6 Å². The van der Waals surface area contributed by atoms with Crippen molar-refractivity contribution in [1.82, 2.24) is 4.90 Å². The molecule has 0 radical (unpaired) electrons. The summed E-state index contributed by atoms with van der Waals surface area (Å²) in [4.78, 5) is 38.6. The fourth-order valence-electron chi connectivity index (χ4n) is 2.25. The van der Waals surface area contributed by atoms with Gasteiger partial charge in [0.25, 0.3) is 0 Å². The molecule has 0 fully saturated rings. The van der Waals surface area contributed by atoms with Crippen LogP contribution in [0.4, 0.5) is 0 Å². The van der Waals surface area contributed by atoms with Crippen LogP contribution >= 0.6 is 0 Å². The van der Waals surface area contributed by atoms with E-state index in [4.69, 9.17) is 50.1 Å².